The third-order valence-electron chi connectivity index (χ3n) is 8.18. The van der Waals surface area contributed by atoms with E-state index in [0.717, 1.165) is 17.7 Å². The smallest absolute Gasteiger partial charge is 0.307 e. The van der Waals surface area contributed by atoms with Crippen LogP contribution in [0.5, 0.6) is 11.5 Å². The van der Waals surface area contributed by atoms with E-state index in [1.165, 1.54) is 18.2 Å². The topological polar surface area (TPSA) is 128 Å². The number of carbonyl (C=O) groups excluding carboxylic acids is 2. The van der Waals surface area contributed by atoms with Gasteiger partial charge in [0.2, 0.25) is 5.91 Å². The van der Waals surface area contributed by atoms with Gasteiger partial charge in [-0.05, 0) is 75.9 Å². The summed E-state index contributed by atoms with van der Waals surface area (Å²) in [6.07, 6.45) is 1.02. The molecular weight excluding hydrogens is 551 g/mol. The molecule has 12 heteroatoms. The molecule has 5 rings (SSSR count). The lowest BCUT2D eigenvalue weighted by Gasteiger charge is -2.40. The van der Waals surface area contributed by atoms with Crippen molar-refractivity contribution in [2.24, 2.45) is 5.41 Å². The molecule has 3 aromatic rings. The summed E-state index contributed by atoms with van der Waals surface area (Å²) in [6.45, 7) is 6.79. The number of halogens is 3. The zero-order valence-electron chi connectivity index (χ0n) is 23.3. The Morgan fingerprint density at radius 3 is 2.52 bits per heavy atom. The van der Waals surface area contributed by atoms with Crippen LogP contribution in [0, 0.1) is 48.0 Å². The van der Waals surface area contributed by atoms with Crippen LogP contribution < -0.4 is 15.6 Å². The largest absolute Gasteiger partial charge is 0.445 e. The lowest BCUT2D eigenvalue weighted by Crippen LogP contribution is -2.50. The molecule has 42 heavy (non-hydrogen) atoms. The Balaban J connectivity index is 1.45. The Morgan fingerprint density at radius 1 is 1.17 bits per heavy atom. The second kappa shape index (κ2) is 10.3. The molecule has 0 aliphatic carbocycles. The predicted octanol–water partition coefficient (Wildman–Crippen LogP) is 4.53. The predicted molar refractivity (Wildman–Crippen MR) is 144 cm³/mol. The van der Waals surface area contributed by atoms with Crippen molar-refractivity contribution in [3.63, 3.8) is 0 Å². The Bertz CT molecular complexity index is 1690. The molecule has 2 amide bonds. The fourth-order valence-electron chi connectivity index (χ4n) is 6.12. The zero-order valence-corrected chi connectivity index (χ0v) is 23.3. The Morgan fingerprint density at radius 2 is 1.86 bits per heavy atom. The number of hydrogen-bond acceptors (Lipinski definition) is 6. The number of H-pyrrole nitrogens is 1. The fraction of sp³-hybridized carbons (Fsp3) is 0.367. The highest BCUT2D eigenvalue weighted by molar-refractivity contribution is 5.98. The number of aryl methyl sites for hydroxylation is 2. The van der Waals surface area contributed by atoms with Gasteiger partial charge in [-0.25, -0.2) is 18.3 Å². The van der Waals surface area contributed by atoms with Gasteiger partial charge in [-0.1, -0.05) is 6.07 Å². The number of aromatic nitrogens is 2. The highest BCUT2D eigenvalue weighted by atomic mass is 19.1. The van der Waals surface area contributed by atoms with Crippen LogP contribution in [-0.4, -0.2) is 39.0 Å². The summed E-state index contributed by atoms with van der Waals surface area (Å²) in [5.41, 5.74) is -1.46. The monoisotopic (exact) mass is 579 g/mol. The lowest BCUT2D eigenvalue weighted by atomic mass is 9.82. The molecule has 9 nitrogen and oxygen atoms in total. The van der Waals surface area contributed by atoms with Crippen LogP contribution in [0.4, 0.5) is 13.2 Å². The molecule has 3 atom stereocenters. The highest BCUT2D eigenvalue weighted by Crippen LogP contribution is 2.54. The van der Waals surface area contributed by atoms with Crippen LogP contribution >= 0.6 is 0 Å². The molecule has 2 aliphatic rings. The van der Waals surface area contributed by atoms with Crippen LogP contribution in [0.25, 0.3) is 0 Å². The molecule has 2 N–H and O–H groups in total. The van der Waals surface area contributed by atoms with Crippen molar-refractivity contribution in [2.75, 3.05) is 0 Å². The number of fused-ring (bicyclic) bond motifs is 1. The first-order chi connectivity index (χ1) is 19.8. The van der Waals surface area contributed by atoms with Crippen molar-refractivity contribution in [1.29, 1.82) is 5.26 Å². The average molecular weight is 580 g/mol. The summed E-state index contributed by atoms with van der Waals surface area (Å²) >= 11 is 0. The van der Waals surface area contributed by atoms with Gasteiger partial charge in [0, 0.05) is 18.1 Å². The standard InChI is InChI=1S/C30H28F3N5O4/c1-15-5-6-18(31)12-19(15)30-8-7-24(29(3,4)14-34)38(30)28(41)22(13-30)35-26(39)17-10-20(32)25(21(33)11-17)42-23-9-16(2)36-37-27(23)40/h5-6,9-12,22,24H,7-8,13H2,1-4H3,(H,35,39)(H,37,40)/t22-,24+,30+/m0/s1. The number of nitrogens with zero attached hydrogens (tertiary/aromatic N) is 3. The summed E-state index contributed by atoms with van der Waals surface area (Å²) in [6, 6.07) is 7.65. The number of nitriles is 1. The van der Waals surface area contributed by atoms with Crippen LogP contribution in [0.3, 0.4) is 0 Å². The zero-order chi connectivity index (χ0) is 30.6. The normalized spacial score (nSPS) is 21.7. The SMILES string of the molecule is Cc1cc(Oc2c(F)cc(C(=O)N[C@H]3C[C@@]4(c5cc(F)ccc5C)CC[C@H](C(C)(C)C#N)N4C3=O)cc2F)c(=O)[nH]n1. The number of benzene rings is 2. The maximum atomic E-state index is 14.9. The first kappa shape index (κ1) is 28.9. The molecule has 0 saturated carbocycles. The van der Waals surface area contributed by atoms with E-state index in [4.69, 9.17) is 4.74 Å². The van der Waals surface area contributed by atoms with E-state index in [1.807, 2.05) is 0 Å². The Kier molecular flexibility index (Phi) is 7.08. The second-order valence-corrected chi connectivity index (χ2v) is 11.4. The van der Waals surface area contributed by atoms with Crippen LogP contribution in [-0.2, 0) is 10.3 Å². The molecule has 218 valence electrons. The van der Waals surface area contributed by atoms with E-state index in [9.17, 15) is 32.8 Å². The van der Waals surface area contributed by atoms with Gasteiger partial charge in [0.25, 0.3) is 5.91 Å². The number of aromatic amines is 1. The molecule has 2 aliphatic heterocycles. The molecule has 0 spiro atoms. The fourth-order valence-corrected chi connectivity index (χ4v) is 6.12. The first-order valence-corrected chi connectivity index (χ1v) is 13.3. The van der Waals surface area contributed by atoms with E-state index in [-0.39, 0.29) is 12.2 Å². The van der Waals surface area contributed by atoms with E-state index >= 15 is 0 Å². The number of hydrogen-bond donors (Lipinski definition) is 2. The minimum atomic E-state index is -1.24. The number of nitrogens with one attached hydrogen (secondary N) is 2. The van der Waals surface area contributed by atoms with Crippen LogP contribution in [0.1, 0.15) is 60.3 Å². The summed E-state index contributed by atoms with van der Waals surface area (Å²) in [4.78, 5) is 40.6. The number of carbonyl (C=O) groups is 2. The number of rotatable bonds is 6. The molecule has 0 bridgehead atoms. The summed E-state index contributed by atoms with van der Waals surface area (Å²) < 4.78 is 49.5. The van der Waals surface area contributed by atoms with Gasteiger partial charge >= 0.3 is 5.56 Å². The molecule has 2 fully saturated rings. The van der Waals surface area contributed by atoms with E-state index in [1.54, 1.807) is 38.7 Å². The van der Waals surface area contributed by atoms with E-state index < -0.39 is 69.2 Å². The summed E-state index contributed by atoms with van der Waals surface area (Å²) in [5, 5.41) is 18.3. The van der Waals surface area contributed by atoms with Gasteiger partial charge in [-0.15, -0.1) is 0 Å². The van der Waals surface area contributed by atoms with Crippen LogP contribution in [0.2, 0.25) is 0 Å². The summed E-state index contributed by atoms with van der Waals surface area (Å²) in [7, 11) is 0. The molecule has 1 aromatic heterocycles. The van der Waals surface area contributed by atoms with E-state index in [0.29, 0.717) is 24.1 Å². The molecule has 2 saturated heterocycles. The quantitative estimate of drug-likeness (QED) is 0.442. The first-order valence-electron chi connectivity index (χ1n) is 13.3. The molecular formula is C30H28F3N5O4. The maximum Gasteiger partial charge on any atom is 0.307 e. The van der Waals surface area contributed by atoms with E-state index in [2.05, 4.69) is 21.6 Å². The minimum absolute atomic E-state index is 0.0796. The number of amides is 2. The van der Waals surface area contributed by atoms with Gasteiger partial charge in [-0.2, -0.15) is 10.4 Å². The average Bonchev–Trinajstić information content (AvgIpc) is 3.45. The van der Waals surface area contributed by atoms with Crippen molar-refractivity contribution in [2.45, 2.75) is 64.6 Å². The maximum absolute atomic E-state index is 14.9. The van der Waals surface area contributed by atoms with Gasteiger partial charge in [-0.3, -0.25) is 14.4 Å². The molecule has 2 aromatic carbocycles. The summed E-state index contributed by atoms with van der Waals surface area (Å²) in [5.74, 6) is -5.62. The van der Waals surface area contributed by atoms with Crippen molar-refractivity contribution in [1.82, 2.24) is 20.4 Å². The van der Waals surface area contributed by atoms with Gasteiger partial charge in [0.1, 0.15) is 11.9 Å². The molecule has 3 heterocycles. The highest BCUT2D eigenvalue weighted by Gasteiger charge is 2.61. The van der Waals surface area contributed by atoms with Gasteiger partial charge in [0.15, 0.2) is 23.1 Å². The van der Waals surface area contributed by atoms with Crippen molar-refractivity contribution in [3.05, 3.63) is 86.6 Å². The minimum Gasteiger partial charge on any atom is -0.445 e. The van der Waals surface area contributed by atoms with Crippen molar-refractivity contribution < 1.29 is 27.5 Å². The third kappa shape index (κ3) is 4.78. The third-order valence-corrected chi connectivity index (χ3v) is 8.18. The van der Waals surface area contributed by atoms with Crippen molar-refractivity contribution in [3.8, 4) is 17.6 Å². The molecule has 0 radical (unpaired) electrons. The van der Waals surface area contributed by atoms with Gasteiger partial charge in [0.05, 0.1) is 28.8 Å². The lowest BCUT2D eigenvalue weighted by molar-refractivity contribution is -0.135. The Labute approximate surface area is 239 Å². The van der Waals surface area contributed by atoms with Crippen molar-refractivity contribution >= 4 is 11.8 Å². The Hall–Kier alpha value is -4.66. The number of ether oxygens (including phenoxy) is 1. The van der Waals surface area contributed by atoms with Gasteiger partial charge < -0.3 is 15.0 Å². The molecule has 0 unspecified atom stereocenters. The second-order valence-electron chi connectivity index (χ2n) is 11.4. The van der Waals surface area contributed by atoms with Crippen LogP contribution in [0.15, 0.2) is 41.2 Å².